The number of halogens is 1. The van der Waals surface area contributed by atoms with Gasteiger partial charge in [0, 0.05) is 23.5 Å². The van der Waals surface area contributed by atoms with E-state index in [2.05, 4.69) is 15.0 Å². The smallest absolute Gasteiger partial charge is 0.170 e. The van der Waals surface area contributed by atoms with E-state index in [0.717, 1.165) is 10.1 Å². The topological polar surface area (TPSA) is 41.6 Å². The zero-order valence-electron chi connectivity index (χ0n) is 6.57. The second-order valence-corrected chi connectivity index (χ2v) is 3.76. The highest BCUT2D eigenvalue weighted by molar-refractivity contribution is 7.99. The summed E-state index contributed by atoms with van der Waals surface area (Å²) in [6, 6.07) is 3.69. The third-order valence-electron chi connectivity index (χ3n) is 1.39. The standard InChI is InChI=1S/C8H6ClN3S/c9-7-5-6(1-2-10-7)13-8-11-3-4-12-8/h1-5H,(H,11,12). The fourth-order valence-electron chi connectivity index (χ4n) is 0.866. The van der Waals surface area contributed by atoms with Crippen molar-refractivity contribution < 1.29 is 0 Å². The minimum atomic E-state index is 0.497. The number of imidazole rings is 1. The molecule has 0 spiro atoms. The molecule has 3 nitrogen and oxygen atoms in total. The number of pyridine rings is 1. The first-order valence-corrected chi connectivity index (χ1v) is 4.83. The van der Waals surface area contributed by atoms with E-state index in [9.17, 15) is 0 Å². The van der Waals surface area contributed by atoms with Gasteiger partial charge in [-0.1, -0.05) is 23.4 Å². The average molecular weight is 212 g/mol. The number of nitrogens with one attached hydrogen (secondary N) is 1. The van der Waals surface area contributed by atoms with Gasteiger partial charge in [0.2, 0.25) is 0 Å². The molecule has 2 heterocycles. The monoisotopic (exact) mass is 211 g/mol. The molecule has 0 saturated heterocycles. The summed E-state index contributed by atoms with van der Waals surface area (Å²) >= 11 is 7.25. The van der Waals surface area contributed by atoms with Gasteiger partial charge in [0.05, 0.1) is 0 Å². The van der Waals surface area contributed by atoms with Gasteiger partial charge in [-0.25, -0.2) is 9.97 Å². The number of aromatic nitrogens is 3. The molecule has 0 radical (unpaired) electrons. The number of rotatable bonds is 2. The predicted octanol–water partition coefficient (Wildman–Crippen LogP) is 2.61. The molecule has 0 atom stereocenters. The van der Waals surface area contributed by atoms with E-state index in [4.69, 9.17) is 11.6 Å². The fourth-order valence-corrected chi connectivity index (χ4v) is 1.87. The molecule has 0 aliphatic rings. The van der Waals surface area contributed by atoms with E-state index in [1.807, 2.05) is 6.07 Å². The van der Waals surface area contributed by atoms with Crippen molar-refractivity contribution in [2.24, 2.45) is 0 Å². The molecule has 2 aromatic heterocycles. The molecule has 0 aliphatic carbocycles. The first kappa shape index (κ1) is 8.59. The molecule has 13 heavy (non-hydrogen) atoms. The summed E-state index contributed by atoms with van der Waals surface area (Å²) in [6.45, 7) is 0. The molecule has 0 bridgehead atoms. The SMILES string of the molecule is Clc1cc(Sc2ncc[nH]2)ccn1. The summed E-state index contributed by atoms with van der Waals surface area (Å²) in [7, 11) is 0. The first-order valence-electron chi connectivity index (χ1n) is 3.63. The van der Waals surface area contributed by atoms with Gasteiger partial charge in [0.25, 0.3) is 0 Å². The molecule has 0 saturated carbocycles. The van der Waals surface area contributed by atoms with Crippen LogP contribution in [0.1, 0.15) is 0 Å². The lowest BCUT2D eigenvalue weighted by Crippen LogP contribution is -1.77. The maximum absolute atomic E-state index is 5.73. The molecule has 2 rings (SSSR count). The third kappa shape index (κ3) is 2.23. The van der Waals surface area contributed by atoms with Gasteiger partial charge in [-0.05, 0) is 12.1 Å². The highest BCUT2D eigenvalue weighted by Gasteiger charge is 1.99. The van der Waals surface area contributed by atoms with Crippen molar-refractivity contribution in [3.8, 4) is 0 Å². The summed E-state index contributed by atoms with van der Waals surface area (Å²) in [5.41, 5.74) is 0. The van der Waals surface area contributed by atoms with Gasteiger partial charge >= 0.3 is 0 Å². The molecular formula is C8H6ClN3S. The number of H-pyrrole nitrogens is 1. The van der Waals surface area contributed by atoms with E-state index < -0.39 is 0 Å². The predicted molar refractivity (Wildman–Crippen MR) is 52.0 cm³/mol. The van der Waals surface area contributed by atoms with Crippen LogP contribution in [0.5, 0.6) is 0 Å². The molecule has 66 valence electrons. The van der Waals surface area contributed by atoms with Gasteiger partial charge in [-0.15, -0.1) is 0 Å². The molecule has 0 unspecified atom stereocenters. The van der Waals surface area contributed by atoms with Crippen LogP contribution in [0.25, 0.3) is 0 Å². The molecule has 1 N–H and O–H groups in total. The Morgan fingerprint density at radius 2 is 2.23 bits per heavy atom. The number of hydrogen-bond acceptors (Lipinski definition) is 3. The van der Waals surface area contributed by atoms with Gasteiger partial charge in [-0.3, -0.25) is 0 Å². The van der Waals surface area contributed by atoms with Crippen LogP contribution in [0.15, 0.2) is 40.8 Å². The average Bonchev–Trinajstić information content (AvgIpc) is 2.57. The Morgan fingerprint density at radius 1 is 1.31 bits per heavy atom. The third-order valence-corrected chi connectivity index (χ3v) is 2.50. The quantitative estimate of drug-likeness (QED) is 0.777. The lowest BCUT2D eigenvalue weighted by Gasteiger charge is -1.96. The van der Waals surface area contributed by atoms with Crippen LogP contribution in [-0.2, 0) is 0 Å². The highest BCUT2D eigenvalue weighted by atomic mass is 35.5. The molecular weight excluding hydrogens is 206 g/mol. The van der Waals surface area contributed by atoms with Crippen LogP contribution in [0.2, 0.25) is 5.15 Å². The van der Waals surface area contributed by atoms with Crippen molar-refractivity contribution in [1.29, 1.82) is 0 Å². The van der Waals surface area contributed by atoms with Gasteiger partial charge in [0.1, 0.15) is 5.15 Å². The first-order chi connectivity index (χ1) is 6.34. The van der Waals surface area contributed by atoms with Crippen molar-refractivity contribution in [3.05, 3.63) is 35.9 Å². The lowest BCUT2D eigenvalue weighted by atomic mass is 10.5. The van der Waals surface area contributed by atoms with E-state index in [1.165, 1.54) is 11.8 Å². The molecule has 0 aliphatic heterocycles. The van der Waals surface area contributed by atoms with Crippen molar-refractivity contribution in [2.75, 3.05) is 0 Å². The summed E-state index contributed by atoms with van der Waals surface area (Å²) in [4.78, 5) is 12.0. The van der Waals surface area contributed by atoms with Crippen LogP contribution in [0.4, 0.5) is 0 Å². The Morgan fingerprint density at radius 3 is 2.92 bits per heavy atom. The van der Waals surface area contributed by atoms with Gasteiger partial charge in [-0.2, -0.15) is 0 Å². The second kappa shape index (κ2) is 3.81. The summed E-state index contributed by atoms with van der Waals surface area (Å²) in [6.07, 6.45) is 5.17. The largest absolute Gasteiger partial charge is 0.339 e. The number of aromatic amines is 1. The highest BCUT2D eigenvalue weighted by Crippen LogP contribution is 2.25. The van der Waals surface area contributed by atoms with Gasteiger partial charge in [0.15, 0.2) is 5.16 Å². The minimum absolute atomic E-state index is 0.497. The molecule has 0 fully saturated rings. The van der Waals surface area contributed by atoms with Crippen molar-refractivity contribution in [2.45, 2.75) is 10.1 Å². The van der Waals surface area contributed by atoms with Crippen LogP contribution in [0.3, 0.4) is 0 Å². The molecule has 5 heteroatoms. The summed E-state index contributed by atoms with van der Waals surface area (Å²) in [5, 5.41) is 1.35. The van der Waals surface area contributed by atoms with Crippen molar-refractivity contribution in [1.82, 2.24) is 15.0 Å². The van der Waals surface area contributed by atoms with Crippen LogP contribution in [0, 0.1) is 0 Å². The van der Waals surface area contributed by atoms with E-state index in [-0.39, 0.29) is 0 Å². The fraction of sp³-hybridized carbons (Fsp3) is 0. The Balaban J connectivity index is 2.19. The maximum atomic E-state index is 5.73. The zero-order chi connectivity index (χ0) is 9.10. The Bertz CT molecular complexity index is 388. The number of hydrogen-bond donors (Lipinski definition) is 1. The van der Waals surface area contributed by atoms with E-state index in [0.29, 0.717) is 5.15 Å². The van der Waals surface area contributed by atoms with Crippen LogP contribution in [-0.4, -0.2) is 15.0 Å². The summed E-state index contributed by atoms with van der Waals surface area (Å²) < 4.78 is 0. The van der Waals surface area contributed by atoms with E-state index >= 15 is 0 Å². The Hall–Kier alpha value is -1.00. The lowest BCUT2D eigenvalue weighted by molar-refractivity contribution is 1.06. The zero-order valence-corrected chi connectivity index (χ0v) is 8.14. The maximum Gasteiger partial charge on any atom is 0.170 e. The number of nitrogens with zero attached hydrogens (tertiary/aromatic N) is 2. The van der Waals surface area contributed by atoms with Crippen molar-refractivity contribution >= 4 is 23.4 Å². The van der Waals surface area contributed by atoms with Gasteiger partial charge < -0.3 is 4.98 Å². The van der Waals surface area contributed by atoms with Crippen LogP contribution < -0.4 is 0 Å². The minimum Gasteiger partial charge on any atom is -0.339 e. The molecule has 0 aromatic carbocycles. The second-order valence-electron chi connectivity index (χ2n) is 2.31. The van der Waals surface area contributed by atoms with Crippen molar-refractivity contribution in [3.63, 3.8) is 0 Å². The van der Waals surface area contributed by atoms with E-state index in [1.54, 1.807) is 24.7 Å². The van der Waals surface area contributed by atoms with Crippen LogP contribution >= 0.6 is 23.4 Å². The molecule has 2 aromatic rings. The normalized spacial score (nSPS) is 10.2. The summed E-state index contributed by atoms with van der Waals surface area (Å²) in [5.74, 6) is 0. The molecule has 0 amide bonds. The Kier molecular flexibility index (Phi) is 2.52. The Labute approximate surface area is 84.6 Å².